The van der Waals surface area contributed by atoms with Crippen LogP contribution in [0.15, 0.2) is 18.2 Å². The van der Waals surface area contributed by atoms with Crippen LogP contribution >= 0.6 is 0 Å². The second-order valence-corrected chi connectivity index (χ2v) is 6.23. The highest BCUT2D eigenvalue weighted by Gasteiger charge is 2.40. The highest BCUT2D eigenvalue weighted by molar-refractivity contribution is 6.47. The summed E-state index contributed by atoms with van der Waals surface area (Å²) in [4.78, 5) is 0. The third kappa shape index (κ3) is 4.88. The van der Waals surface area contributed by atoms with Crippen LogP contribution in [0.25, 0.3) is 0 Å². The zero-order valence-electron chi connectivity index (χ0n) is 13.1. The molecule has 1 aromatic rings. The summed E-state index contributed by atoms with van der Waals surface area (Å²) in [5, 5.41) is 9.91. The van der Waals surface area contributed by atoms with Crippen LogP contribution in [0.2, 0.25) is 0 Å². The smallest absolute Gasteiger partial charge is 0.416 e. The van der Waals surface area contributed by atoms with E-state index in [4.69, 9.17) is 4.65 Å². The van der Waals surface area contributed by atoms with Gasteiger partial charge < -0.3 is 9.76 Å². The molecular formula is C14H17BF6O2. The molecule has 0 heterocycles. The first-order valence-corrected chi connectivity index (χ1v) is 6.69. The molecule has 1 rings (SSSR count). The molecule has 0 aliphatic heterocycles. The van der Waals surface area contributed by atoms with Crippen LogP contribution in [0.1, 0.15) is 38.8 Å². The SMILES string of the molecule is CC(C)(O)C(C)(C)OBc1ccc(C(F)(F)F)cc1C(F)(F)F. The van der Waals surface area contributed by atoms with E-state index < -0.39 is 47.6 Å². The number of hydrogen-bond donors (Lipinski definition) is 1. The Labute approximate surface area is 130 Å². The Kier molecular flexibility index (Phi) is 5.18. The number of aliphatic hydroxyl groups is 1. The third-order valence-corrected chi connectivity index (χ3v) is 3.80. The van der Waals surface area contributed by atoms with Crippen molar-refractivity contribution in [2.24, 2.45) is 0 Å². The predicted molar refractivity (Wildman–Crippen MR) is 74.7 cm³/mol. The molecule has 23 heavy (non-hydrogen) atoms. The summed E-state index contributed by atoms with van der Waals surface area (Å²) in [6, 6.07) is 1.38. The van der Waals surface area contributed by atoms with Crippen LogP contribution in [-0.4, -0.2) is 23.8 Å². The maximum Gasteiger partial charge on any atom is 0.416 e. The molecule has 1 N–H and O–H groups in total. The zero-order valence-corrected chi connectivity index (χ0v) is 13.1. The van der Waals surface area contributed by atoms with Crippen molar-refractivity contribution in [3.63, 3.8) is 0 Å². The van der Waals surface area contributed by atoms with Gasteiger partial charge in [0.25, 0.3) is 0 Å². The Bertz CT molecular complexity index is 558. The van der Waals surface area contributed by atoms with E-state index in [-0.39, 0.29) is 6.07 Å². The molecule has 0 aliphatic carbocycles. The van der Waals surface area contributed by atoms with Crippen LogP contribution < -0.4 is 5.46 Å². The van der Waals surface area contributed by atoms with E-state index >= 15 is 0 Å². The molecule has 1 aromatic carbocycles. The molecule has 2 nitrogen and oxygen atoms in total. The second-order valence-electron chi connectivity index (χ2n) is 6.23. The van der Waals surface area contributed by atoms with E-state index in [0.29, 0.717) is 6.07 Å². The number of alkyl halides is 6. The Hall–Kier alpha value is -1.22. The van der Waals surface area contributed by atoms with Gasteiger partial charge in [0.05, 0.1) is 22.3 Å². The van der Waals surface area contributed by atoms with Crippen LogP contribution in [0.4, 0.5) is 26.3 Å². The normalized spacial score (nSPS) is 14.0. The van der Waals surface area contributed by atoms with Crippen molar-refractivity contribution in [3.05, 3.63) is 29.3 Å². The van der Waals surface area contributed by atoms with Gasteiger partial charge in [-0.25, -0.2) is 0 Å². The minimum atomic E-state index is -4.95. The van der Waals surface area contributed by atoms with Crippen LogP contribution in [0.3, 0.4) is 0 Å². The Morgan fingerprint density at radius 2 is 1.43 bits per heavy atom. The number of rotatable bonds is 4. The van der Waals surface area contributed by atoms with E-state index in [1.54, 1.807) is 0 Å². The predicted octanol–water partition coefficient (Wildman–Crippen LogP) is 3.27. The third-order valence-electron chi connectivity index (χ3n) is 3.80. The minimum absolute atomic E-state index is 0.0653. The van der Waals surface area contributed by atoms with E-state index in [1.165, 1.54) is 27.7 Å². The molecule has 0 fully saturated rings. The van der Waals surface area contributed by atoms with Gasteiger partial charge >= 0.3 is 19.8 Å². The summed E-state index contributed by atoms with van der Waals surface area (Å²) in [5.74, 6) is 0. The maximum absolute atomic E-state index is 13.0. The first-order chi connectivity index (χ1) is 10.1. The standard InChI is InChI=1S/C14H17BF6O2/c1-11(2,22)12(3,4)23-15-10-6-5-8(13(16,17)18)7-9(10)14(19,20)21/h5-7,15,22H,1-4H3. The van der Waals surface area contributed by atoms with Crippen molar-refractivity contribution in [1.29, 1.82) is 0 Å². The van der Waals surface area contributed by atoms with Crippen molar-refractivity contribution in [2.75, 3.05) is 0 Å². The number of benzene rings is 1. The summed E-state index contributed by atoms with van der Waals surface area (Å²) in [6.07, 6.45) is -9.81. The van der Waals surface area contributed by atoms with Crippen molar-refractivity contribution >= 4 is 12.9 Å². The van der Waals surface area contributed by atoms with Gasteiger partial charge in [0, 0.05) is 0 Å². The van der Waals surface area contributed by atoms with Gasteiger partial charge in [-0.15, -0.1) is 0 Å². The molecule has 0 spiro atoms. The summed E-state index contributed by atoms with van der Waals surface area (Å²) in [5.41, 5.74) is -5.76. The van der Waals surface area contributed by atoms with Gasteiger partial charge in [-0.2, -0.15) is 26.3 Å². The van der Waals surface area contributed by atoms with Crippen molar-refractivity contribution in [3.8, 4) is 0 Å². The molecule has 0 saturated carbocycles. The van der Waals surface area contributed by atoms with Gasteiger partial charge in [0.15, 0.2) is 0 Å². The second kappa shape index (κ2) is 6.01. The fourth-order valence-electron chi connectivity index (χ4n) is 1.58. The minimum Gasteiger partial charge on any atom is -0.427 e. The number of hydrogen-bond acceptors (Lipinski definition) is 2. The zero-order chi connectivity index (χ0) is 18.3. The lowest BCUT2D eigenvalue weighted by Crippen LogP contribution is -2.49. The first-order valence-electron chi connectivity index (χ1n) is 6.69. The van der Waals surface area contributed by atoms with E-state index in [9.17, 15) is 31.4 Å². The maximum atomic E-state index is 13.0. The molecule has 0 radical (unpaired) electrons. The monoisotopic (exact) mass is 342 g/mol. The average Bonchev–Trinajstić information content (AvgIpc) is 2.32. The molecule has 0 aliphatic rings. The van der Waals surface area contributed by atoms with Crippen LogP contribution in [0, 0.1) is 0 Å². The lowest BCUT2D eigenvalue weighted by molar-refractivity contribution is -0.142. The molecule has 0 amide bonds. The largest absolute Gasteiger partial charge is 0.427 e. The van der Waals surface area contributed by atoms with Gasteiger partial charge in [0.2, 0.25) is 0 Å². The molecule has 0 bridgehead atoms. The molecule has 0 aromatic heterocycles. The van der Waals surface area contributed by atoms with Gasteiger partial charge in [-0.1, -0.05) is 12.1 Å². The summed E-state index contributed by atoms with van der Waals surface area (Å²) >= 11 is 0. The lowest BCUT2D eigenvalue weighted by Gasteiger charge is -2.37. The highest BCUT2D eigenvalue weighted by Crippen LogP contribution is 2.34. The summed E-state index contributed by atoms with van der Waals surface area (Å²) in [7, 11) is -0.579. The van der Waals surface area contributed by atoms with Gasteiger partial charge in [-0.3, -0.25) is 0 Å². The Balaban J connectivity index is 3.18. The Morgan fingerprint density at radius 3 is 1.83 bits per heavy atom. The summed E-state index contributed by atoms with van der Waals surface area (Å²) in [6.45, 7) is 5.80. The van der Waals surface area contributed by atoms with E-state index in [1.807, 2.05) is 0 Å². The van der Waals surface area contributed by atoms with Crippen molar-refractivity contribution in [1.82, 2.24) is 0 Å². The molecular weight excluding hydrogens is 325 g/mol. The highest BCUT2D eigenvalue weighted by atomic mass is 19.4. The van der Waals surface area contributed by atoms with Gasteiger partial charge in [-0.05, 0) is 39.2 Å². The van der Waals surface area contributed by atoms with E-state index in [0.717, 1.165) is 6.07 Å². The summed E-state index contributed by atoms with van der Waals surface area (Å²) < 4.78 is 82.1. The fourth-order valence-corrected chi connectivity index (χ4v) is 1.58. The van der Waals surface area contributed by atoms with Crippen LogP contribution in [-0.2, 0) is 17.0 Å². The molecule has 0 saturated heterocycles. The quantitative estimate of drug-likeness (QED) is 0.672. The average molecular weight is 342 g/mol. The van der Waals surface area contributed by atoms with E-state index in [2.05, 4.69) is 0 Å². The molecule has 9 heteroatoms. The lowest BCUT2D eigenvalue weighted by atomic mass is 9.79. The molecule has 0 atom stereocenters. The fraction of sp³-hybridized carbons (Fsp3) is 0.571. The van der Waals surface area contributed by atoms with Gasteiger partial charge in [0.1, 0.15) is 0 Å². The first kappa shape index (κ1) is 19.8. The molecule has 130 valence electrons. The topological polar surface area (TPSA) is 29.5 Å². The van der Waals surface area contributed by atoms with Crippen molar-refractivity contribution in [2.45, 2.75) is 51.2 Å². The molecule has 0 unspecified atom stereocenters. The Morgan fingerprint density at radius 1 is 0.913 bits per heavy atom. The van der Waals surface area contributed by atoms with Crippen molar-refractivity contribution < 1.29 is 36.1 Å². The number of halogens is 6. The van der Waals surface area contributed by atoms with Crippen LogP contribution in [0.5, 0.6) is 0 Å².